The van der Waals surface area contributed by atoms with E-state index >= 15 is 0 Å². The Labute approximate surface area is 138 Å². The Morgan fingerprint density at radius 3 is 2.50 bits per heavy atom. The predicted octanol–water partition coefficient (Wildman–Crippen LogP) is 2.45. The number of nitrogens with one attached hydrogen (secondary N) is 1. The first-order chi connectivity index (χ1) is 10.1. The van der Waals surface area contributed by atoms with Gasteiger partial charge in [0.05, 0.1) is 0 Å². The lowest BCUT2D eigenvalue weighted by Crippen LogP contribution is -2.52. The second-order valence-electron chi connectivity index (χ2n) is 5.61. The molecule has 1 aliphatic rings. The molecule has 0 spiro atoms. The molecule has 0 unspecified atom stereocenters. The number of rotatable bonds is 5. The number of hydrogen-bond acceptors (Lipinski definition) is 3. The highest BCUT2D eigenvalue weighted by atomic mass is 35.5. The van der Waals surface area contributed by atoms with Crippen molar-refractivity contribution < 1.29 is 9.59 Å². The number of amides is 1. The van der Waals surface area contributed by atoms with Gasteiger partial charge in [0.15, 0.2) is 5.78 Å². The minimum atomic E-state index is 0. The van der Waals surface area contributed by atoms with E-state index in [1.807, 2.05) is 36.1 Å². The van der Waals surface area contributed by atoms with Crippen molar-refractivity contribution in [2.45, 2.75) is 39.2 Å². The van der Waals surface area contributed by atoms with Crippen LogP contribution in [0.4, 0.5) is 0 Å². The Balaban J connectivity index is 0.00000242. The van der Waals surface area contributed by atoms with Crippen LogP contribution in [0.5, 0.6) is 0 Å². The molecule has 1 aromatic carbocycles. The maximum atomic E-state index is 12.2. The second kappa shape index (κ2) is 8.91. The van der Waals surface area contributed by atoms with Crippen molar-refractivity contribution in [3.63, 3.8) is 0 Å². The third-order valence-electron chi connectivity index (χ3n) is 4.07. The largest absolute Gasteiger partial charge is 0.337 e. The molecule has 1 N–H and O–H groups in total. The zero-order valence-electron chi connectivity index (χ0n) is 13.3. The predicted molar refractivity (Wildman–Crippen MR) is 90.7 cm³/mol. The second-order valence-corrected chi connectivity index (χ2v) is 5.61. The van der Waals surface area contributed by atoms with Gasteiger partial charge in [0.1, 0.15) is 0 Å². The summed E-state index contributed by atoms with van der Waals surface area (Å²) in [5.74, 6) is 0.135. The Hall–Kier alpha value is -1.39. The van der Waals surface area contributed by atoms with Gasteiger partial charge >= 0.3 is 0 Å². The highest BCUT2D eigenvalue weighted by Gasteiger charge is 2.23. The zero-order valence-corrected chi connectivity index (χ0v) is 14.1. The van der Waals surface area contributed by atoms with Crippen LogP contribution in [0.15, 0.2) is 24.3 Å². The van der Waals surface area contributed by atoms with E-state index in [4.69, 9.17) is 0 Å². The highest BCUT2D eigenvalue weighted by Crippen LogP contribution is 2.11. The minimum Gasteiger partial charge on any atom is -0.337 e. The van der Waals surface area contributed by atoms with Crippen LogP contribution >= 0.6 is 12.4 Å². The molecule has 5 heteroatoms. The van der Waals surface area contributed by atoms with Crippen molar-refractivity contribution in [2.75, 3.05) is 19.6 Å². The lowest BCUT2D eigenvalue weighted by molar-refractivity contribution is -0.133. The first kappa shape index (κ1) is 18.7. The molecule has 0 saturated carbocycles. The molecule has 1 fully saturated rings. The number of carbonyl (C=O) groups excluding carboxylic acids is 2. The van der Waals surface area contributed by atoms with Gasteiger partial charge < -0.3 is 10.2 Å². The number of hydrogen-bond donors (Lipinski definition) is 1. The van der Waals surface area contributed by atoms with Crippen LogP contribution in [0.2, 0.25) is 0 Å². The minimum absolute atomic E-state index is 0. The number of carbonyl (C=O) groups is 2. The zero-order chi connectivity index (χ0) is 15.2. The summed E-state index contributed by atoms with van der Waals surface area (Å²) in [6, 6.07) is 7.89. The number of benzene rings is 1. The van der Waals surface area contributed by atoms with Gasteiger partial charge in [-0.05, 0) is 18.9 Å². The fraction of sp³-hybridized carbons (Fsp3) is 0.529. The van der Waals surface area contributed by atoms with Gasteiger partial charge in [-0.25, -0.2) is 0 Å². The maximum absolute atomic E-state index is 12.2. The molecule has 1 aromatic rings. The average Bonchev–Trinajstić information content (AvgIpc) is 2.52. The van der Waals surface area contributed by atoms with Gasteiger partial charge in [0.25, 0.3) is 0 Å². The molecule has 1 atom stereocenters. The first-order valence-corrected chi connectivity index (χ1v) is 7.74. The van der Waals surface area contributed by atoms with Crippen LogP contribution in [-0.4, -0.2) is 42.3 Å². The Bertz CT molecular complexity index is 502. The lowest BCUT2D eigenvalue weighted by Gasteiger charge is -2.34. The van der Waals surface area contributed by atoms with E-state index in [2.05, 4.69) is 12.2 Å². The Morgan fingerprint density at radius 2 is 1.91 bits per heavy atom. The fourth-order valence-corrected chi connectivity index (χ4v) is 2.65. The SMILES string of the molecule is CCc1ccc(C(=O)CCC(=O)N2CCNC[C@@H]2C)cc1.Cl. The molecule has 1 saturated heterocycles. The van der Waals surface area contributed by atoms with Gasteiger partial charge in [-0.15, -0.1) is 12.4 Å². The summed E-state index contributed by atoms with van der Waals surface area (Å²) in [5, 5.41) is 3.26. The van der Waals surface area contributed by atoms with Crippen LogP contribution in [0.1, 0.15) is 42.6 Å². The van der Waals surface area contributed by atoms with Gasteiger partial charge in [0, 0.05) is 44.1 Å². The van der Waals surface area contributed by atoms with Crippen LogP contribution in [-0.2, 0) is 11.2 Å². The molecule has 0 aromatic heterocycles. The molecule has 1 aliphatic heterocycles. The molecule has 0 radical (unpaired) electrons. The fourth-order valence-electron chi connectivity index (χ4n) is 2.65. The number of halogens is 1. The van der Waals surface area contributed by atoms with E-state index < -0.39 is 0 Å². The van der Waals surface area contributed by atoms with Crippen molar-refractivity contribution in [1.82, 2.24) is 10.2 Å². The first-order valence-electron chi connectivity index (χ1n) is 7.74. The van der Waals surface area contributed by atoms with E-state index in [1.54, 1.807) is 0 Å². The number of nitrogens with zero attached hydrogens (tertiary/aromatic N) is 1. The Kier molecular flexibility index (Phi) is 7.56. The highest BCUT2D eigenvalue weighted by molar-refractivity contribution is 5.98. The molecule has 4 nitrogen and oxygen atoms in total. The summed E-state index contributed by atoms with van der Waals surface area (Å²) in [6.07, 6.45) is 1.56. The molecular formula is C17H25ClN2O2. The van der Waals surface area contributed by atoms with Gasteiger partial charge in [-0.1, -0.05) is 31.2 Å². The van der Waals surface area contributed by atoms with Gasteiger partial charge in [0.2, 0.25) is 5.91 Å². The van der Waals surface area contributed by atoms with E-state index in [9.17, 15) is 9.59 Å². The third-order valence-corrected chi connectivity index (χ3v) is 4.07. The van der Waals surface area contributed by atoms with E-state index in [1.165, 1.54) is 5.56 Å². The molecule has 22 heavy (non-hydrogen) atoms. The monoisotopic (exact) mass is 324 g/mol. The van der Waals surface area contributed by atoms with Crippen molar-refractivity contribution in [2.24, 2.45) is 0 Å². The van der Waals surface area contributed by atoms with Crippen molar-refractivity contribution in [1.29, 1.82) is 0 Å². The smallest absolute Gasteiger partial charge is 0.223 e. The molecular weight excluding hydrogens is 300 g/mol. The number of aryl methyl sites for hydroxylation is 1. The molecule has 1 amide bonds. The van der Waals surface area contributed by atoms with Gasteiger partial charge in [-0.2, -0.15) is 0 Å². The summed E-state index contributed by atoms with van der Waals surface area (Å²) in [4.78, 5) is 26.2. The van der Waals surface area contributed by atoms with Crippen molar-refractivity contribution >= 4 is 24.1 Å². The topological polar surface area (TPSA) is 49.4 Å². The Morgan fingerprint density at radius 1 is 1.23 bits per heavy atom. The quantitative estimate of drug-likeness (QED) is 0.846. The van der Waals surface area contributed by atoms with Crippen LogP contribution < -0.4 is 5.32 Å². The third kappa shape index (κ3) is 4.82. The number of ketones is 1. The summed E-state index contributed by atoms with van der Waals surface area (Å²) < 4.78 is 0. The molecule has 0 bridgehead atoms. The normalized spacial score (nSPS) is 17.7. The van der Waals surface area contributed by atoms with Crippen molar-refractivity contribution in [3.05, 3.63) is 35.4 Å². The maximum Gasteiger partial charge on any atom is 0.223 e. The number of piperazine rings is 1. The number of Topliss-reactive ketones (excluding diaryl/α,β-unsaturated/α-hetero) is 1. The van der Waals surface area contributed by atoms with Gasteiger partial charge in [-0.3, -0.25) is 9.59 Å². The molecule has 2 rings (SSSR count). The molecule has 0 aliphatic carbocycles. The van der Waals surface area contributed by atoms with E-state index in [0.29, 0.717) is 18.4 Å². The molecule has 122 valence electrons. The summed E-state index contributed by atoms with van der Waals surface area (Å²) in [5.41, 5.74) is 1.92. The lowest BCUT2D eigenvalue weighted by atomic mass is 10.0. The van der Waals surface area contributed by atoms with Crippen LogP contribution in [0.3, 0.4) is 0 Å². The van der Waals surface area contributed by atoms with E-state index in [-0.39, 0.29) is 30.1 Å². The summed E-state index contributed by atoms with van der Waals surface area (Å²) in [7, 11) is 0. The summed E-state index contributed by atoms with van der Waals surface area (Å²) >= 11 is 0. The molecule has 1 heterocycles. The summed E-state index contributed by atoms with van der Waals surface area (Å²) in [6.45, 7) is 6.53. The van der Waals surface area contributed by atoms with Crippen molar-refractivity contribution in [3.8, 4) is 0 Å². The average molecular weight is 325 g/mol. The van der Waals surface area contributed by atoms with Crippen LogP contribution in [0.25, 0.3) is 0 Å². The standard InChI is InChI=1S/C17H24N2O2.ClH/c1-3-14-4-6-15(7-5-14)16(20)8-9-17(21)19-11-10-18-12-13(19)2;/h4-7,13,18H,3,8-12H2,1-2H3;1H/t13-;/m0./s1. The van der Waals surface area contributed by atoms with Crippen LogP contribution in [0, 0.1) is 0 Å². The van der Waals surface area contributed by atoms with E-state index in [0.717, 1.165) is 26.1 Å².